The van der Waals surface area contributed by atoms with Gasteiger partial charge in [0.2, 0.25) is 0 Å². The Morgan fingerprint density at radius 3 is 2.83 bits per heavy atom. The molecule has 0 aliphatic rings. The minimum absolute atomic E-state index is 0.313. The van der Waals surface area contributed by atoms with Gasteiger partial charge in [0, 0.05) is 33.2 Å². The van der Waals surface area contributed by atoms with E-state index in [1.807, 2.05) is 23.1 Å². The summed E-state index contributed by atoms with van der Waals surface area (Å²) in [6.07, 6.45) is 2.17. The first-order chi connectivity index (χ1) is 8.61. The Labute approximate surface area is 122 Å². The molecule has 0 unspecified atom stereocenters. The van der Waals surface area contributed by atoms with Crippen LogP contribution in [0.2, 0.25) is 0 Å². The lowest BCUT2D eigenvalue weighted by Gasteiger charge is -2.22. The molecule has 0 spiro atoms. The number of thiophene rings is 2. The summed E-state index contributed by atoms with van der Waals surface area (Å²) in [7, 11) is 0. The Bertz CT molecular complexity index is 471. The molecule has 2 heterocycles. The molecule has 0 saturated carbocycles. The molecule has 1 nitrogen and oxygen atoms in total. The van der Waals surface area contributed by atoms with Crippen LogP contribution in [-0.2, 0) is 6.54 Å². The van der Waals surface area contributed by atoms with Crippen LogP contribution >= 0.6 is 34.4 Å². The summed E-state index contributed by atoms with van der Waals surface area (Å²) in [5.74, 6) is 0. The lowest BCUT2D eigenvalue weighted by Crippen LogP contribution is -2.31. The lowest BCUT2D eigenvalue weighted by atomic mass is 10.2. The fourth-order valence-electron chi connectivity index (χ4n) is 1.60. The van der Waals surface area contributed by atoms with Crippen molar-refractivity contribution in [1.29, 1.82) is 0 Å². The van der Waals surface area contributed by atoms with Crippen LogP contribution in [0.15, 0.2) is 29.0 Å². The van der Waals surface area contributed by atoms with Crippen molar-refractivity contribution in [3.8, 4) is 10.4 Å². The highest BCUT2D eigenvalue weighted by molar-refractivity contribution is 7.99. The third-order valence-electron chi connectivity index (χ3n) is 2.86. The van der Waals surface area contributed by atoms with Crippen molar-refractivity contribution in [2.45, 2.75) is 25.1 Å². The highest BCUT2D eigenvalue weighted by Gasteiger charge is 2.14. The molecule has 98 valence electrons. The van der Waals surface area contributed by atoms with Gasteiger partial charge in [-0.05, 0) is 43.0 Å². The van der Waals surface area contributed by atoms with Gasteiger partial charge in [-0.15, -0.1) is 22.7 Å². The second-order valence-corrected chi connectivity index (χ2v) is 8.30. The third kappa shape index (κ3) is 3.85. The first kappa shape index (κ1) is 14.1. The monoisotopic (exact) mass is 297 g/mol. The molecule has 2 aromatic rings. The third-order valence-corrected chi connectivity index (χ3v) is 5.97. The quantitative estimate of drug-likeness (QED) is 0.829. The van der Waals surface area contributed by atoms with E-state index in [9.17, 15) is 0 Å². The van der Waals surface area contributed by atoms with Gasteiger partial charge in [0.05, 0.1) is 0 Å². The zero-order chi connectivity index (χ0) is 13.0. The van der Waals surface area contributed by atoms with E-state index < -0.39 is 0 Å². The van der Waals surface area contributed by atoms with Crippen LogP contribution in [0.4, 0.5) is 0 Å². The molecule has 2 aromatic heterocycles. The molecule has 0 aromatic carbocycles. The Morgan fingerprint density at radius 1 is 1.33 bits per heavy atom. The topological polar surface area (TPSA) is 12.0 Å². The predicted molar refractivity (Wildman–Crippen MR) is 86.9 cm³/mol. The largest absolute Gasteiger partial charge is 0.310 e. The maximum absolute atomic E-state index is 3.54. The maximum Gasteiger partial charge on any atom is 0.0351 e. The fourth-order valence-corrected chi connectivity index (χ4v) is 3.49. The number of rotatable bonds is 6. The van der Waals surface area contributed by atoms with Crippen molar-refractivity contribution in [1.82, 2.24) is 5.32 Å². The first-order valence-electron chi connectivity index (χ1n) is 5.98. The summed E-state index contributed by atoms with van der Waals surface area (Å²) in [5, 5.41) is 7.93. The molecule has 0 aliphatic carbocycles. The van der Waals surface area contributed by atoms with Crippen LogP contribution in [0.25, 0.3) is 10.4 Å². The van der Waals surface area contributed by atoms with Gasteiger partial charge in [0.15, 0.2) is 0 Å². The molecule has 0 atom stereocenters. The van der Waals surface area contributed by atoms with Gasteiger partial charge in [0.25, 0.3) is 0 Å². The van der Waals surface area contributed by atoms with Gasteiger partial charge in [-0.1, -0.05) is 6.07 Å². The van der Waals surface area contributed by atoms with Gasteiger partial charge < -0.3 is 5.32 Å². The normalized spacial score (nSPS) is 11.9. The second-order valence-electron chi connectivity index (χ2n) is 4.85. The average molecular weight is 298 g/mol. The van der Waals surface area contributed by atoms with Crippen LogP contribution in [0.1, 0.15) is 18.7 Å². The van der Waals surface area contributed by atoms with E-state index in [0.717, 1.165) is 13.1 Å². The van der Waals surface area contributed by atoms with E-state index >= 15 is 0 Å². The standard InChI is InChI=1S/C14H19NS3/c1-14(2,16-3)10-15-8-12-7-11(9-18-12)13-5-4-6-17-13/h4-7,9,15H,8,10H2,1-3H3. The Hall–Kier alpha value is -0.290. The summed E-state index contributed by atoms with van der Waals surface area (Å²) in [5.41, 5.74) is 1.36. The molecule has 0 saturated heterocycles. The Morgan fingerprint density at radius 2 is 2.17 bits per heavy atom. The minimum Gasteiger partial charge on any atom is -0.310 e. The Balaban J connectivity index is 1.88. The summed E-state index contributed by atoms with van der Waals surface area (Å²) in [6.45, 7) is 6.56. The molecule has 1 N–H and O–H groups in total. The molecule has 0 bridgehead atoms. The molecule has 0 aliphatic heterocycles. The Kier molecular flexibility index (Phi) is 4.90. The van der Waals surface area contributed by atoms with Gasteiger partial charge in [0.1, 0.15) is 0 Å². The van der Waals surface area contributed by atoms with Gasteiger partial charge in [-0.2, -0.15) is 11.8 Å². The van der Waals surface area contributed by atoms with Crippen LogP contribution < -0.4 is 5.32 Å². The van der Waals surface area contributed by atoms with E-state index in [0.29, 0.717) is 4.75 Å². The van der Waals surface area contributed by atoms with Crippen molar-refractivity contribution >= 4 is 34.4 Å². The average Bonchev–Trinajstić information content (AvgIpc) is 2.98. The summed E-state index contributed by atoms with van der Waals surface area (Å²) >= 11 is 5.56. The highest BCUT2D eigenvalue weighted by atomic mass is 32.2. The van der Waals surface area contributed by atoms with E-state index in [2.05, 4.69) is 54.4 Å². The van der Waals surface area contributed by atoms with E-state index in [4.69, 9.17) is 0 Å². The van der Waals surface area contributed by atoms with E-state index in [1.165, 1.54) is 15.3 Å². The molecular formula is C14H19NS3. The molecule has 0 fully saturated rings. The van der Waals surface area contributed by atoms with Crippen molar-refractivity contribution in [2.24, 2.45) is 0 Å². The molecule has 4 heteroatoms. The van der Waals surface area contributed by atoms with Crippen LogP contribution in [0.5, 0.6) is 0 Å². The second kappa shape index (κ2) is 6.24. The fraction of sp³-hybridized carbons (Fsp3) is 0.429. The van der Waals surface area contributed by atoms with Crippen molar-refractivity contribution in [3.63, 3.8) is 0 Å². The molecule has 18 heavy (non-hydrogen) atoms. The van der Waals surface area contributed by atoms with Gasteiger partial charge in [-0.25, -0.2) is 0 Å². The smallest absolute Gasteiger partial charge is 0.0351 e. The zero-order valence-corrected chi connectivity index (χ0v) is 13.5. The van der Waals surface area contributed by atoms with E-state index in [1.54, 1.807) is 11.3 Å². The molecule has 0 radical (unpaired) electrons. The SMILES string of the molecule is CSC(C)(C)CNCc1cc(-c2cccs2)cs1. The van der Waals surface area contributed by atoms with Crippen LogP contribution in [0.3, 0.4) is 0 Å². The zero-order valence-electron chi connectivity index (χ0n) is 11.0. The summed E-state index contributed by atoms with van der Waals surface area (Å²) in [6, 6.07) is 6.59. The highest BCUT2D eigenvalue weighted by Crippen LogP contribution is 2.29. The minimum atomic E-state index is 0.313. The predicted octanol–water partition coefficient (Wildman–Crippen LogP) is 4.71. The summed E-state index contributed by atoms with van der Waals surface area (Å²) in [4.78, 5) is 2.78. The lowest BCUT2D eigenvalue weighted by molar-refractivity contribution is 0.594. The molecule has 2 rings (SSSR count). The van der Waals surface area contributed by atoms with Crippen molar-refractivity contribution in [3.05, 3.63) is 33.8 Å². The number of hydrogen-bond donors (Lipinski definition) is 1. The number of thioether (sulfide) groups is 1. The molecular weight excluding hydrogens is 278 g/mol. The van der Waals surface area contributed by atoms with Crippen LogP contribution in [-0.4, -0.2) is 17.5 Å². The number of hydrogen-bond acceptors (Lipinski definition) is 4. The van der Waals surface area contributed by atoms with Crippen molar-refractivity contribution < 1.29 is 0 Å². The van der Waals surface area contributed by atoms with Gasteiger partial charge >= 0.3 is 0 Å². The van der Waals surface area contributed by atoms with Crippen molar-refractivity contribution in [2.75, 3.05) is 12.8 Å². The first-order valence-corrected chi connectivity index (χ1v) is 8.96. The molecule has 0 amide bonds. The van der Waals surface area contributed by atoms with E-state index in [-0.39, 0.29) is 0 Å². The van der Waals surface area contributed by atoms with Gasteiger partial charge in [-0.3, -0.25) is 0 Å². The number of nitrogens with one attached hydrogen (secondary N) is 1. The maximum atomic E-state index is 3.54. The summed E-state index contributed by atoms with van der Waals surface area (Å²) < 4.78 is 0.313. The van der Waals surface area contributed by atoms with Crippen LogP contribution in [0, 0.1) is 0 Å².